The summed E-state index contributed by atoms with van der Waals surface area (Å²) in [5.41, 5.74) is 0.886. The highest BCUT2D eigenvalue weighted by atomic mass is 16.5. The normalized spacial score (nSPS) is 16.5. The molecule has 134 valence electrons. The zero-order chi connectivity index (χ0) is 17.5. The zero-order valence-electron chi connectivity index (χ0n) is 14.5. The number of pyridine rings is 1. The Balaban J connectivity index is 1.71. The minimum Gasteiger partial charge on any atom is -0.379 e. The second kappa shape index (κ2) is 8.68. The van der Waals surface area contributed by atoms with Crippen LogP contribution in [0.5, 0.6) is 0 Å². The standard InChI is InChI=1S/C17H24N6O2/c1-2-6-23-13-20-21-15(23)12-19-17(24)16(14-4-3-5-18-11-14)22-7-9-25-10-8-22/h3-5,11,13,16H,2,6-10,12H2,1H3,(H,19,24)/t16-/m1/s1. The smallest absolute Gasteiger partial charge is 0.242 e. The number of nitrogens with one attached hydrogen (secondary N) is 1. The van der Waals surface area contributed by atoms with Gasteiger partial charge in [-0.15, -0.1) is 10.2 Å². The van der Waals surface area contributed by atoms with Crippen molar-refractivity contribution >= 4 is 5.91 Å². The molecule has 0 aromatic carbocycles. The number of carbonyl (C=O) groups is 1. The van der Waals surface area contributed by atoms with Crippen molar-refractivity contribution in [2.24, 2.45) is 0 Å². The first-order valence-electron chi connectivity index (χ1n) is 8.65. The van der Waals surface area contributed by atoms with Crippen LogP contribution in [0.25, 0.3) is 0 Å². The summed E-state index contributed by atoms with van der Waals surface area (Å²) in [5, 5.41) is 11.0. The molecule has 0 unspecified atom stereocenters. The van der Waals surface area contributed by atoms with E-state index in [1.54, 1.807) is 18.7 Å². The molecule has 1 saturated heterocycles. The van der Waals surface area contributed by atoms with Crippen molar-refractivity contribution in [2.75, 3.05) is 26.3 Å². The van der Waals surface area contributed by atoms with Gasteiger partial charge in [0, 0.05) is 32.0 Å². The predicted molar refractivity (Wildman–Crippen MR) is 91.5 cm³/mol. The van der Waals surface area contributed by atoms with Gasteiger partial charge in [-0.1, -0.05) is 13.0 Å². The Labute approximate surface area is 147 Å². The molecule has 25 heavy (non-hydrogen) atoms. The molecule has 2 aromatic rings. The summed E-state index contributed by atoms with van der Waals surface area (Å²) < 4.78 is 7.38. The van der Waals surface area contributed by atoms with Crippen LogP contribution >= 0.6 is 0 Å². The van der Waals surface area contributed by atoms with Gasteiger partial charge in [0.25, 0.3) is 0 Å². The first-order chi connectivity index (χ1) is 12.3. The number of hydrogen-bond donors (Lipinski definition) is 1. The van der Waals surface area contributed by atoms with E-state index in [1.807, 2.05) is 16.7 Å². The van der Waals surface area contributed by atoms with Crippen LogP contribution in [0, 0.1) is 0 Å². The molecule has 0 saturated carbocycles. The molecule has 1 amide bonds. The SMILES string of the molecule is CCCn1cnnc1CNC(=O)[C@@H](c1cccnc1)N1CCOCC1. The first kappa shape index (κ1) is 17.5. The van der Waals surface area contributed by atoms with Crippen molar-refractivity contribution < 1.29 is 9.53 Å². The highest BCUT2D eigenvalue weighted by Gasteiger charge is 2.29. The summed E-state index contributed by atoms with van der Waals surface area (Å²) in [7, 11) is 0. The Kier molecular flexibility index (Phi) is 6.08. The lowest BCUT2D eigenvalue weighted by atomic mass is 10.1. The van der Waals surface area contributed by atoms with Crippen molar-refractivity contribution in [1.82, 2.24) is 30.0 Å². The fraction of sp³-hybridized carbons (Fsp3) is 0.529. The van der Waals surface area contributed by atoms with Gasteiger partial charge < -0.3 is 14.6 Å². The van der Waals surface area contributed by atoms with Crippen LogP contribution < -0.4 is 5.32 Å². The Morgan fingerprint density at radius 2 is 2.24 bits per heavy atom. The predicted octanol–water partition coefficient (Wildman–Crippen LogP) is 0.773. The van der Waals surface area contributed by atoms with Crippen LogP contribution in [-0.4, -0.2) is 56.9 Å². The summed E-state index contributed by atoms with van der Waals surface area (Å²) in [5.74, 6) is 0.711. The Bertz CT molecular complexity index is 669. The first-order valence-corrected chi connectivity index (χ1v) is 8.65. The van der Waals surface area contributed by atoms with Crippen LogP contribution in [0.2, 0.25) is 0 Å². The molecule has 1 aliphatic heterocycles. The number of hydrogen-bond acceptors (Lipinski definition) is 6. The molecule has 1 fully saturated rings. The molecule has 2 aromatic heterocycles. The quantitative estimate of drug-likeness (QED) is 0.799. The fourth-order valence-corrected chi connectivity index (χ4v) is 3.01. The van der Waals surface area contributed by atoms with Crippen molar-refractivity contribution in [3.63, 3.8) is 0 Å². The van der Waals surface area contributed by atoms with E-state index in [0.29, 0.717) is 19.8 Å². The maximum Gasteiger partial charge on any atom is 0.242 e. The fourth-order valence-electron chi connectivity index (χ4n) is 3.01. The van der Waals surface area contributed by atoms with E-state index in [0.717, 1.165) is 37.4 Å². The minimum absolute atomic E-state index is 0.0547. The van der Waals surface area contributed by atoms with Crippen molar-refractivity contribution in [2.45, 2.75) is 32.5 Å². The van der Waals surface area contributed by atoms with Crippen LogP contribution in [0.1, 0.15) is 30.8 Å². The highest BCUT2D eigenvalue weighted by molar-refractivity contribution is 5.83. The van der Waals surface area contributed by atoms with Gasteiger partial charge in [-0.05, 0) is 18.1 Å². The molecular weight excluding hydrogens is 320 g/mol. The number of aromatic nitrogens is 4. The lowest BCUT2D eigenvalue weighted by Crippen LogP contribution is -2.45. The lowest BCUT2D eigenvalue weighted by Gasteiger charge is -2.33. The van der Waals surface area contributed by atoms with Crippen molar-refractivity contribution in [3.05, 3.63) is 42.2 Å². The number of ether oxygens (including phenoxy) is 1. The largest absolute Gasteiger partial charge is 0.379 e. The third kappa shape index (κ3) is 4.40. The number of rotatable bonds is 7. The molecule has 0 bridgehead atoms. The van der Waals surface area contributed by atoms with Gasteiger partial charge in [-0.25, -0.2) is 0 Å². The molecule has 0 radical (unpaired) electrons. The summed E-state index contributed by atoms with van der Waals surface area (Å²) in [6, 6.07) is 3.42. The molecule has 1 N–H and O–H groups in total. The van der Waals surface area contributed by atoms with E-state index in [9.17, 15) is 4.79 Å². The molecule has 0 spiro atoms. The van der Waals surface area contributed by atoms with E-state index in [2.05, 4.69) is 32.3 Å². The highest BCUT2D eigenvalue weighted by Crippen LogP contribution is 2.21. The van der Waals surface area contributed by atoms with E-state index in [1.165, 1.54) is 0 Å². The average Bonchev–Trinajstić information content (AvgIpc) is 3.10. The summed E-state index contributed by atoms with van der Waals surface area (Å²) in [6.45, 7) is 6.01. The Hall–Kier alpha value is -2.32. The summed E-state index contributed by atoms with van der Waals surface area (Å²) >= 11 is 0. The van der Waals surface area contributed by atoms with Gasteiger partial charge in [0.1, 0.15) is 12.4 Å². The molecular formula is C17H24N6O2. The topological polar surface area (TPSA) is 85.2 Å². The maximum absolute atomic E-state index is 12.9. The Morgan fingerprint density at radius 3 is 2.96 bits per heavy atom. The lowest BCUT2D eigenvalue weighted by molar-refractivity contribution is -0.128. The second-order valence-corrected chi connectivity index (χ2v) is 6.00. The number of amides is 1. The van der Waals surface area contributed by atoms with Gasteiger partial charge >= 0.3 is 0 Å². The Morgan fingerprint density at radius 1 is 1.40 bits per heavy atom. The summed E-state index contributed by atoms with van der Waals surface area (Å²) in [4.78, 5) is 19.2. The van der Waals surface area contributed by atoms with Crippen molar-refractivity contribution in [1.29, 1.82) is 0 Å². The number of morpholine rings is 1. The second-order valence-electron chi connectivity index (χ2n) is 6.00. The number of carbonyl (C=O) groups excluding carboxylic acids is 1. The van der Waals surface area contributed by atoms with Gasteiger partial charge in [0.15, 0.2) is 5.82 Å². The van der Waals surface area contributed by atoms with Gasteiger partial charge in [-0.3, -0.25) is 14.7 Å². The van der Waals surface area contributed by atoms with Crippen LogP contribution in [-0.2, 0) is 22.6 Å². The third-order valence-electron chi connectivity index (χ3n) is 4.24. The van der Waals surface area contributed by atoms with E-state index < -0.39 is 0 Å². The van der Waals surface area contributed by atoms with Crippen LogP contribution in [0.15, 0.2) is 30.9 Å². The van der Waals surface area contributed by atoms with E-state index in [-0.39, 0.29) is 11.9 Å². The summed E-state index contributed by atoms with van der Waals surface area (Å²) in [6.07, 6.45) is 6.15. The molecule has 1 atom stereocenters. The van der Waals surface area contributed by atoms with Gasteiger partial charge in [0.05, 0.1) is 19.8 Å². The molecule has 3 rings (SSSR count). The molecule has 3 heterocycles. The molecule has 8 heteroatoms. The monoisotopic (exact) mass is 344 g/mol. The van der Waals surface area contributed by atoms with Crippen LogP contribution in [0.4, 0.5) is 0 Å². The molecule has 1 aliphatic rings. The third-order valence-corrected chi connectivity index (χ3v) is 4.24. The van der Waals surface area contributed by atoms with Crippen molar-refractivity contribution in [3.8, 4) is 0 Å². The zero-order valence-corrected chi connectivity index (χ0v) is 14.5. The number of nitrogens with zero attached hydrogens (tertiary/aromatic N) is 5. The average molecular weight is 344 g/mol. The maximum atomic E-state index is 12.9. The molecule has 0 aliphatic carbocycles. The van der Waals surface area contributed by atoms with E-state index in [4.69, 9.17) is 4.74 Å². The van der Waals surface area contributed by atoms with Gasteiger partial charge in [-0.2, -0.15) is 0 Å². The van der Waals surface area contributed by atoms with Crippen LogP contribution in [0.3, 0.4) is 0 Å². The molecule has 8 nitrogen and oxygen atoms in total. The minimum atomic E-state index is -0.375. The van der Waals surface area contributed by atoms with E-state index >= 15 is 0 Å². The number of aryl methyl sites for hydroxylation is 1. The van der Waals surface area contributed by atoms with Gasteiger partial charge in [0.2, 0.25) is 5.91 Å².